The molecule has 0 aliphatic carbocycles. The topological polar surface area (TPSA) is 49.0 Å². The maximum absolute atomic E-state index is 15.1. The van der Waals surface area contributed by atoms with Gasteiger partial charge in [-0.1, -0.05) is 54.1 Å². The third-order valence-corrected chi connectivity index (χ3v) is 6.96. The van der Waals surface area contributed by atoms with Crippen LogP contribution in [-0.4, -0.2) is 27.3 Å². The van der Waals surface area contributed by atoms with Crippen LogP contribution in [0.15, 0.2) is 60.7 Å². The molecule has 2 heterocycles. The van der Waals surface area contributed by atoms with Gasteiger partial charge in [0.15, 0.2) is 0 Å². The number of nitrogens with one attached hydrogen (secondary N) is 1. The molecule has 4 aromatic rings. The fourth-order valence-corrected chi connectivity index (χ4v) is 4.87. The Morgan fingerprint density at radius 2 is 1.91 bits per heavy atom. The molecule has 3 aromatic carbocycles. The minimum absolute atomic E-state index is 0.0992. The molecule has 32 heavy (non-hydrogen) atoms. The van der Waals surface area contributed by atoms with Crippen molar-refractivity contribution in [1.29, 1.82) is 0 Å². The second-order valence-electron chi connectivity index (χ2n) is 8.52. The standard InChI is InChI=1S/C26H23ClFN3O/c1-16-19(27)12-13-21-23(16)30-25(29-21)26(2)14-7-15-31(26)24(32)22-18(10-6-11-20(22)28)17-8-4-3-5-9-17/h3-6,8-13H,7,14-15H2,1-2H3,(H,29,30). The fourth-order valence-electron chi connectivity index (χ4n) is 4.71. The summed E-state index contributed by atoms with van der Waals surface area (Å²) in [4.78, 5) is 23.8. The highest BCUT2D eigenvalue weighted by molar-refractivity contribution is 6.32. The van der Waals surface area contributed by atoms with E-state index in [1.54, 1.807) is 17.0 Å². The molecule has 0 bridgehead atoms. The summed E-state index contributed by atoms with van der Waals surface area (Å²) in [5.74, 6) is -0.142. The van der Waals surface area contributed by atoms with Crippen LogP contribution in [0.1, 0.15) is 41.5 Å². The van der Waals surface area contributed by atoms with E-state index in [0.29, 0.717) is 23.0 Å². The molecule has 0 radical (unpaired) electrons. The molecule has 1 aromatic heterocycles. The lowest BCUT2D eigenvalue weighted by Crippen LogP contribution is -2.44. The van der Waals surface area contributed by atoms with Crippen molar-refractivity contribution in [3.05, 3.63) is 88.5 Å². The summed E-state index contributed by atoms with van der Waals surface area (Å²) in [7, 11) is 0. The van der Waals surface area contributed by atoms with E-state index in [1.807, 2.05) is 56.3 Å². The van der Waals surface area contributed by atoms with Crippen molar-refractivity contribution in [3.63, 3.8) is 0 Å². The van der Waals surface area contributed by atoms with Crippen molar-refractivity contribution in [1.82, 2.24) is 14.9 Å². The number of fused-ring (bicyclic) bond motifs is 1. The van der Waals surface area contributed by atoms with Gasteiger partial charge in [0.2, 0.25) is 0 Å². The molecular weight excluding hydrogens is 425 g/mol. The summed E-state index contributed by atoms with van der Waals surface area (Å²) in [5.41, 5.74) is 3.39. The van der Waals surface area contributed by atoms with Gasteiger partial charge < -0.3 is 9.88 Å². The number of imidazole rings is 1. The molecular formula is C26H23ClFN3O. The fraction of sp³-hybridized carbons (Fsp3) is 0.231. The van der Waals surface area contributed by atoms with Crippen LogP contribution in [0.3, 0.4) is 0 Å². The van der Waals surface area contributed by atoms with Crippen molar-refractivity contribution < 1.29 is 9.18 Å². The number of aromatic nitrogens is 2. The van der Waals surface area contributed by atoms with Crippen molar-refractivity contribution in [2.24, 2.45) is 0 Å². The molecule has 1 saturated heterocycles. The Kier molecular flexibility index (Phi) is 5.01. The van der Waals surface area contributed by atoms with E-state index in [-0.39, 0.29) is 11.5 Å². The van der Waals surface area contributed by atoms with Crippen molar-refractivity contribution >= 4 is 28.5 Å². The van der Waals surface area contributed by atoms with E-state index in [9.17, 15) is 4.79 Å². The van der Waals surface area contributed by atoms with Crippen LogP contribution in [0.2, 0.25) is 5.02 Å². The van der Waals surface area contributed by atoms with Gasteiger partial charge in [-0.25, -0.2) is 9.37 Å². The van der Waals surface area contributed by atoms with Crippen LogP contribution in [0.25, 0.3) is 22.2 Å². The third-order valence-electron chi connectivity index (χ3n) is 6.55. The summed E-state index contributed by atoms with van der Waals surface area (Å²) in [5, 5.41) is 0.652. The number of hydrogen-bond acceptors (Lipinski definition) is 2. The summed E-state index contributed by atoms with van der Waals surface area (Å²) in [6.45, 7) is 4.46. The number of hydrogen-bond donors (Lipinski definition) is 1. The average Bonchev–Trinajstić information content (AvgIpc) is 3.42. The van der Waals surface area contributed by atoms with Crippen LogP contribution in [0, 0.1) is 12.7 Å². The van der Waals surface area contributed by atoms with E-state index >= 15 is 4.39 Å². The minimum atomic E-state index is -0.675. The second-order valence-corrected chi connectivity index (χ2v) is 8.92. The van der Waals surface area contributed by atoms with Crippen LogP contribution >= 0.6 is 11.6 Å². The van der Waals surface area contributed by atoms with Gasteiger partial charge in [-0.3, -0.25) is 4.79 Å². The molecule has 4 nitrogen and oxygen atoms in total. The van der Waals surface area contributed by atoms with Gasteiger partial charge in [0.05, 0.1) is 22.1 Å². The molecule has 162 valence electrons. The second kappa shape index (κ2) is 7.75. The smallest absolute Gasteiger partial charge is 0.258 e. The van der Waals surface area contributed by atoms with Gasteiger partial charge >= 0.3 is 0 Å². The predicted octanol–water partition coefficient (Wildman–Crippen LogP) is 6.48. The molecule has 0 saturated carbocycles. The Morgan fingerprint density at radius 3 is 2.69 bits per heavy atom. The van der Waals surface area contributed by atoms with Crippen LogP contribution in [-0.2, 0) is 5.54 Å². The van der Waals surface area contributed by atoms with Crippen molar-refractivity contribution in [3.8, 4) is 11.1 Å². The predicted molar refractivity (Wildman–Crippen MR) is 125 cm³/mol. The third kappa shape index (κ3) is 3.19. The molecule has 1 atom stereocenters. The summed E-state index contributed by atoms with van der Waals surface area (Å²) in [6, 6.07) is 18.0. The molecule has 6 heteroatoms. The Hall–Kier alpha value is -3.18. The van der Waals surface area contributed by atoms with Crippen molar-refractivity contribution in [2.45, 2.75) is 32.2 Å². The first-order valence-corrected chi connectivity index (χ1v) is 11.1. The van der Waals surface area contributed by atoms with Gasteiger partial charge in [-0.2, -0.15) is 0 Å². The van der Waals surface area contributed by atoms with E-state index < -0.39 is 11.4 Å². The molecule has 0 spiro atoms. The Bertz CT molecular complexity index is 1330. The first kappa shape index (κ1) is 20.7. The van der Waals surface area contributed by atoms with E-state index in [4.69, 9.17) is 16.6 Å². The maximum Gasteiger partial charge on any atom is 0.258 e. The molecule has 1 aliphatic rings. The van der Waals surface area contributed by atoms with Gasteiger partial charge in [0, 0.05) is 11.6 Å². The average molecular weight is 448 g/mol. The van der Waals surface area contributed by atoms with Gasteiger partial charge in [-0.15, -0.1) is 0 Å². The normalized spacial score (nSPS) is 18.4. The van der Waals surface area contributed by atoms with Gasteiger partial charge in [0.25, 0.3) is 5.91 Å². The SMILES string of the molecule is Cc1c(Cl)ccc2[nH]c(C3(C)CCCN3C(=O)c3c(F)cccc3-c3ccccc3)nc12. The number of halogens is 2. The highest BCUT2D eigenvalue weighted by atomic mass is 35.5. The number of aryl methyl sites for hydroxylation is 1. The lowest BCUT2D eigenvalue weighted by molar-refractivity contribution is 0.0602. The number of benzene rings is 3. The monoisotopic (exact) mass is 447 g/mol. The zero-order valence-electron chi connectivity index (χ0n) is 18.0. The lowest BCUT2D eigenvalue weighted by atomic mass is 9.94. The quantitative estimate of drug-likeness (QED) is 0.390. The van der Waals surface area contributed by atoms with Gasteiger partial charge in [-0.05, 0) is 61.6 Å². The minimum Gasteiger partial charge on any atom is -0.340 e. The molecule has 1 unspecified atom stereocenters. The number of rotatable bonds is 3. The largest absolute Gasteiger partial charge is 0.340 e. The molecule has 1 fully saturated rings. The number of aromatic amines is 1. The first-order chi connectivity index (χ1) is 15.4. The summed E-state index contributed by atoms with van der Waals surface area (Å²) < 4.78 is 15.1. The maximum atomic E-state index is 15.1. The van der Waals surface area contributed by atoms with Crippen LogP contribution < -0.4 is 0 Å². The Morgan fingerprint density at radius 1 is 1.12 bits per heavy atom. The Balaban J connectivity index is 1.60. The molecule has 1 aliphatic heterocycles. The Labute approximate surface area is 191 Å². The molecule has 1 N–H and O–H groups in total. The first-order valence-electron chi connectivity index (χ1n) is 10.7. The molecule has 5 rings (SSSR count). The number of likely N-dealkylation sites (tertiary alicyclic amines) is 1. The van der Waals surface area contributed by atoms with Crippen molar-refractivity contribution in [2.75, 3.05) is 6.54 Å². The zero-order valence-corrected chi connectivity index (χ0v) is 18.7. The van der Waals surface area contributed by atoms with E-state index in [2.05, 4.69) is 4.98 Å². The summed E-state index contributed by atoms with van der Waals surface area (Å²) in [6.07, 6.45) is 1.55. The molecule has 1 amide bonds. The van der Waals surface area contributed by atoms with Crippen LogP contribution in [0.4, 0.5) is 4.39 Å². The van der Waals surface area contributed by atoms with Gasteiger partial charge in [0.1, 0.15) is 11.6 Å². The highest BCUT2D eigenvalue weighted by Gasteiger charge is 2.44. The van der Waals surface area contributed by atoms with E-state index in [0.717, 1.165) is 35.0 Å². The number of H-pyrrole nitrogens is 1. The highest BCUT2D eigenvalue weighted by Crippen LogP contribution is 2.41. The van der Waals surface area contributed by atoms with E-state index in [1.165, 1.54) is 6.07 Å². The van der Waals surface area contributed by atoms with Crippen LogP contribution in [0.5, 0.6) is 0 Å². The number of carbonyl (C=O) groups is 1. The number of amides is 1. The number of nitrogens with zero attached hydrogens (tertiary/aromatic N) is 2. The number of carbonyl (C=O) groups excluding carboxylic acids is 1. The zero-order chi connectivity index (χ0) is 22.5. The summed E-state index contributed by atoms with van der Waals surface area (Å²) >= 11 is 6.28. The lowest BCUT2D eigenvalue weighted by Gasteiger charge is -2.34.